The van der Waals surface area contributed by atoms with Gasteiger partial charge in [0, 0.05) is 29.8 Å². The molecular formula is C15H23ClN2. The van der Waals surface area contributed by atoms with E-state index in [-0.39, 0.29) is 0 Å². The summed E-state index contributed by atoms with van der Waals surface area (Å²) < 4.78 is 0. The average Bonchev–Trinajstić information content (AvgIpc) is 2.85. The predicted molar refractivity (Wildman–Crippen MR) is 79.5 cm³/mol. The van der Waals surface area contributed by atoms with Gasteiger partial charge in [-0.1, -0.05) is 31.5 Å². The second kappa shape index (κ2) is 6.44. The molecule has 0 bridgehead atoms. The average molecular weight is 267 g/mol. The Morgan fingerprint density at radius 1 is 1.39 bits per heavy atom. The molecule has 0 amide bonds. The molecule has 1 aromatic carbocycles. The molecular weight excluding hydrogens is 244 g/mol. The lowest BCUT2D eigenvalue weighted by Crippen LogP contribution is -2.28. The second-order valence-electron chi connectivity index (χ2n) is 4.95. The summed E-state index contributed by atoms with van der Waals surface area (Å²) in [6.07, 6.45) is 3.83. The summed E-state index contributed by atoms with van der Waals surface area (Å²) in [5.74, 6) is 0. The van der Waals surface area contributed by atoms with Gasteiger partial charge >= 0.3 is 0 Å². The van der Waals surface area contributed by atoms with Crippen LogP contribution in [0.25, 0.3) is 0 Å². The van der Waals surface area contributed by atoms with Crippen LogP contribution in [0.4, 0.5) is 5.69 Å². The molecule has 2 rings (SSSR count). The lowest BCUT2D eigenvalue weighted by atomic mass is 10.1. The van der Waals surface area contributed by atoms with Crippen LogP contribution in [-0.2, 0) is 6.54 Å². The standard InChI is InChI=1S/C15H23ClN2/c1-3-13-6-5-9-18(13)14-8-7-12(11-17-4-2)15(16)10-14/h7-8,10,13,17H,3-6,9,11H2,1-2H3. The zero-order chi connectivity index (χ0) is 13.0. The Kier molecular flexibility index (Phi) is 4.90. The number of benzene rings is 1. The highest BCUT2D eigenvalue weighted by molar-refractivity contribution is 6.31. The van der Waals surface area contributed by atoms with Gasteiger partial charge in [-0.25, -0.2) is 0 Å². The lowest BCUT2D eigenvalue weighted by Gasteiger charge is -2.26. The molecule has 1 atom stereocenters. The largest absolute Gasteiger partial charge is 0.369 e. The quantitative estimate of drug-likeness (QED) is 0.871. The third kappa shape index (κ3) is 2.99. The summed E-state index contributed by atoms with van der Waals surface area (Å²) in [7, 11) is 0. The monoisotopic (exact) mass is 266 g/mol. The third-order valence-corrected chi connectivity index (χ3v) is 4.13. The predicted octanol–water partition coefficient (Wildman–Crippen LogP) is 3.83. The summed E-state index contributed by atoms with van der Waals surface area (Å²) >= 11 is 6.37. The molecule has 3 heteroatoms. The molecule has 1 aliphatic rings. The Morgan fingerprint density at radius 2 is 2.22 bits per heavy atom. The van der Waals surface area contributed by atoms with Crippen LogP contribution in [0.15, 0.2) is 18.2 Å². The molecule has 0 aromatic heterocycles. The Bertz CT molecular complexity index is 392. The van der Waals surface area contributed by atoms with Crippen LogP contribution in [0.3, 0.4) is 0 Å². The maximum absolute atomic E-state index is 6.37. The van der Waals surface area contributed by atoms with Crippen LogP contribution in [-0.4, -0.2) is 19.1 Å². The van der Waals surface area contributed by atoms with Gasteiger partial charge in [0.15, 0.2) is 0 Å². The molecule has 2 nitrogen and oxygen atoms in total. The molecule has 1 saturated heterocycles. The van der Waals surface area contributed by atoms with Crippen molar-refractivity contribution in [3.05, 3.63) is 28.8 Å². The van der Waals surface area contributed by atoms with Crippen molar-refractivity contribution in [2.24, 2.45) is 0 Å². The van der Waals surface area contributed by atoms with Crippen molar-refractivity contribution >= 4 is 17.3 Å². The summed E-state index contributed by atoms with van der Waals surface area (Å²) in [4.78, 5) is 2.50. The van der Waals surface area contributed by atoms with E-state index in [1.54, 1.807) is 0 Å². The number of halogens is 1. The number of nitrogens with zero attached hydrogens (tertiary/aromatic N) is 1. The summed E-state index contributed by atoms with van der Waals surface area (Å²) in [5, 5.41) is 4.20. The first-order valence-electron chi connectivity index (χ1n) is 7.02. The van der Waals surface area contributed by atoms with Crippen molar-refractivity contribution in [1.29, 1.82) is 0 Å². The number of hydrogen-bond acceptors (Lipinski definition) is 2. The van der Waals surface area contributed by atoms with Crippen molar-refractivity contribution < 1.29 is 0 Å². The van der Waals surface area contributed by atoms with Crippen LogP contribution in [0.1, 0.15) is 38.7 Å². The van der Waals surface area contributed by atoms with Gasteiger partial charge in [-0.3, -0.25) is 0 Å². The van der Waals surface area contributed by atoms with Crippen molar-refractivity contribution in [3.8, 4) is 0 Å². The minimum atomic E-state index is 0.695. The first-order chi connectivity index (χ1) is 8.76. The molecule has 1 heterocycles. The molecule has 1 N–H and O–H groups in total. The number of anilines is 1. The highest BCUT2D eigenvalue weighted by Crippen LogP contribution is 2.30. The normalized spacial score (nSPS) is 19.5. The van der Waals surface area contributed by atoms with Gasteiger partial charge < -0.3 is 10.2 Å². The topological polar surface area (TPSA) is 15.3 Å². The van der Waals surface area contributed by atoms with E-state index in [1.807, 2.05) is 0 Å². The van der Waals surface area contributed by atoms with E-state index >= 15 is 0 Å². The van der Waals surface area contributed by atoms with Gasteiger partial charge in [0.05, 0.1) is 0 Å². The summed E-state index contributed by atoms with van der Waals surface area (Å²) in [5.41, 5.74) is 2.47. The number of rotatable bonds is 5. The fraction of sp³-hybridized carbons (Fsp3) is 0.600. The van der Waals surface area contributed by atoms with E-state index in [2.05, 4.69) is 42.3 Å². The minimum absolute atomic E-state index is 0.695. The van der Waals surface area contributed by atoms with E-state index in [9.17, 15) is 0 Å². The fourth-order valence-corrected chi connectivity index (χ4v) is 2.96. The van der Waals surface area contributed by atoms with Crippen molar-refractivity contribution in [1.82, 2.24) is 5.32 Å². The van der Waals surface area contributed by atoms with Gasteiger partial charge in [-0.2, -0.15) is 0 Å². The van der Waals surface area contributed by atoms with Gasteiger partial charge in [-0.15, -0.1) is 0 Å². The van der Waals surface area contributed by atoms with Crippen LogP contribution < -0.4 is 10.2 Å². The zero-order valence-electron chi connectivity index (χ0n) is 11.4. The second-order valence-corrected chi connectivity index (χ2v) is 5.36. The molecule has 0 radical (unpaired) electrons. The van der Waals surface area contributed by atoms with Gasteiger partial charge in [0.2, 0.25) is 0 Å². The Hall–Kier alpha value is -0.730. The molecule has 1 aliphatic heterocycles. The zero-order valence-corrected chi connectivity index (χ0v) is 12.1. The van der Waals surface area contributed by atoms with Crippen LogP contribution >= 0.6 is 11.6 Å². The smallest absolute Gasteiger partial charge is 0.0471 e. The van der Waals surface area contributed by atoms with Crippen LogP contribution in [0, 0.1) is 0 Å². The fourth-order valence-electron chi connectivity index (χ4n) is 2.72. The number of nitrogens with one attached hydrogen (secondary N) is 1. The molecule has 0 spiro atoms. The van der Waals surface area contributed by atoms with Gasteiger partial charge in [0.25, 0.3) is 0 Å². The molecule has 1 fully saturated rings. The molecule has 1 aromatic rings. The molecule has 0 aliphatic carbocycles. The summed E-state index contributed by atoms with van der Waals surface area (Å²) in [6.45, 7) is 7.37. The van der Waals surface area contributed by atoms with E-state index in [4.69, 9.17) is 11.6 Å². The molecule has 0 saturated carbocycles. The highest BCUT2D eigenvalue weighted by Gasteiger charge is 2.23. The van der Waals surface area contributed by atoms with Crippen molar-refractivity contribution in [2.45, 2.75) is 45.7 Å². The summed E-state index contributed by atoms with van der Waals surface area (Å²) in [6, 6.07) is 7.20. The van der Waals surface area contributed by atoms with Crippen LogP contribution in [0.5, 0.6) is 0 Å². The van der Waals surface area contributed by atoms with E-state index in [0.29, 0.717) is 6.04 Å². The highest BCUT2D eigenvalue weighted by atomic mass is 35.5. The Balaban J connectivity index is 2.12. The maximum atomic E-state index is 6.37. The van der Waals surface area contributed by atoms with Gasteiger partial charge in [0.1, 0.15) is 0 Å². The number of hydrogen-bond donors (Lipinski definition) is 1. The molecule has 100 valence electrons. The van der Waals surface area contributed by atoms with Crippen molar-refractivity contribution in [2.75, 3.05) is 18.0 Å². The third-order valence-electron chi connectivity index (χ3n) is 3.78. The van der Waals surface area contributed by atoms with E-state index in [0.717, 1.165) is 18.1 Å². The lowest BCUT2D eigenvalue weighted by molar-refractivity contribution is 0.645. The van der Waals surface area contributed by atoms with E-state index in [1.165, 1.54) is 37.1 Å². The minimum Gasteiger partial charge on any atom is -0.369 e. The van der Waals surface area contributed by atoms with E-state index < -0.39 is 0 Å². The Morgan fingerprint density at radius 3 is 2.89 bits per heavy atom. The van der Waals surface area contributed by atoms with Crippen LogP contribution in [0.2, 0.25) is 5.02 Å². The SMILES string of the molecule is CCNCc1ccc(N2CCCC2CC)cc1Cl. The van der Waals surface area contributed by atoms with Gasteiger partial charge in [-0.05, 0) is 43.5 Å². The van der Waals surface area contributed by atoms with Crippen molar-refractivity contribution in [3.63, 3.8) is 0 Å². The maximum Gasteiger partial charge on any atom is 0.0471 e. The molecule has 1 unspecified atom stereocenters. The molecule has 18 heavy (non-hydrogen) atoms. The first kappa shape index (κ1) is 13.7. The Labute approximate surface area is 115 Å². The first-order valence-corrected chi connectivity index (χ1v) is 7.39.